The van der Waals surface area contributed by atoms with Crippen LogP contribution in [-0.4, -0.2) is 90.5 Å². The van der Waals surface area contributed by atoms with Gasteiger partial charge in [0.2, 0.25) is 0 Å². The predicted octanol–water partition coefficient (Wildman–Crippen LogP) is 6.94. The standard InChI is InChI=1S/C46H57N3O6/c1-45(2,3)25-26-46(49(27-24-38-16-8-4-9-17-38)32-44(52)55-35-41-22-14-7-15-23-41)36-47(30-42(50)53-33-39-18-10-5-11-19-39)28-29-48(37-46)31-43(51)54-34-40-20-12-6-13-21-40/h4-23H,24-37H2,1-3H3. The van der Waals surface area contributed by atoms with Gasteiger partial charge >= 0.3 is 17.9 Å². The number of nitrogens with zero attached hydrogens (tertiary/aromatic N) is 3. The summed E-state index contributed by atoms with van der Waals surface area (Å²) >= 11 is 0. The third-order valence-corrected chi connectivity index (χ3v) is 10.0. The van der Waals surface area contributed by atoms with Crippen LogP contribution in [-0.2, 0) is 54.8 Å². The fourth-order valence-electron chi connectivity index (χ4n) is 6.98. The van der Waals surface area contributed by atoms with Gasteiger partial charge in [0.15, 0.2) is 0 Å². The molecule has 0 N–H and O–H groups in total. The highest BCUT2D eigenvalue weighted by atomic mass is 16.5. The Kier molecular flexibility index (Phi) is 15.6. The Balaban J connectivity index is 1.43. The highest BCUT2D eigenvalue weighted by Crippen LogP contribution is 2.33. The minimum atomic E-state index is -0.635. The second-order valence-corrected chi connectivity index (χ2v) is 15.8. The molecule has 5 rings (SSSR count). The van der Waals surface area contributed by atoms with E-state index in [2.05, 4.69) is 47.6 Å². The van der Waals surface area contributed by atoms with Crippen LogP contribution in [0.1, 0.15) is 55.9 Å². The molecule has 0 saturated carbocycles. The van der Waals surface area contributed by atoms with Gasteiger partial charge in [-0.05, 0) is 46.9 Å². The molecule has 1 heterocycles. The van der Waals surface area contributed by atoms with Crippen molar-refractivity contribution in [2.75, 3.05) is 52.4 Å². The summed E-state index contributed by atoms with van der Waals surface area (Å²) in [6.45, 7) is 10.1. The number of hydrogen-bond donors (Lipinski definition) is 0. The molecule has 4 aromatic carbocycles. The molecule has 9 nitrogen and oxygen atoms in total. The van der Waals surface area contributed by atoms with E-state index in [1.807, 2.05) is 109 Å². The van der Waals surface area contributed by atoms with E-state index in [4.69, 9.17) is 14.2 Å². The monoisotopic (exact) mass is 747 g/mol. The van der Waals surface area contributed by atoms with E-state index in [0.717, 1.165) is 35.1 Å². The quantitative estimate of drug-likeness (QED) is 0.0794. The SMILES string of the molecule is CC(C)(C)CCC1(N(CCc2ccccc2)CC(=O)OCc2ccccc2)CN(CC(=O)OCc2ccccc2)CCN(CC(=O)OCc2ccccc2)C1. The van der Waals surface area contributed by atoms with Crippen LogP contribution >= 0.6 is 0 Å². The molecular weight excluding hydrogens is 691 g/mol. The van der Waals surface area contributed by atoms with Crippen LogP contribution in [0.15, 0.2) is 121 Å². The largest absolute Gasteiger partial charge is 0.460 e. The maximum Gasteiger partial charge on any atom is 0.320 e. The first-order chi connectivity index (χ1) is 26.5. The summed E-state index contributed by atoms with van der Waals surface area (Å²) in [4.78, 5) is 47.2. The Morgan fingerprint density at radius 3 is 1.36 bits per heavy atom. The van der Waals surface area contributed by atoms with E-state index >= 15 is 0 Å². The average Bonchev–Trinajstić information content (AvgIpc) is 3.36. The van der Waals surface area contributed by atoms with Crippen LogP contribution in [0.4, 0.5) is 0 Å². The van der Waals surface area contributed by atoms with Gasteiger partial charge in [-0.25, -0.2) is 0 Å². The molecular formula is C46H57N3O6. The number of carbonyl (C=O) groups is 3. The summed E-state index contributed by atoms with van der Waals surface area (Å²) in [6, 6.07) is 39.3. The number of rotatable bonds is 18. The molecule has 0 radical (unpaired) electrons. The number of benzene rings is 4. The summed E-state index contributed by atoms with van der Waals surface area (Å²) in [5, 5.41) is 0. The Bertz CT molecular complexity index is 1680. The van der Waals surface area contributed by atoms with Gasteiger partial charge in [0.05, 0.1) is 19.6 Å². The predicted molar refractivity (Wildman–Crippen MR) is 215 cm³/mol. The van der Waals surface area contributed by atoms with Gasteiger partial charge in [-0.1, -0.05) is 142 Å². The molecule has 55 heavy (non-hydrogen) atoms. The van der Waals surface area contributed by atoms with Gasteiger partial charge in [0.1, 0.15) is 19.8 Å². The second kappa shape index (κ2) is 20.7. The van der Waals surface area contributed by atoms with Crippen molar-refractivity contribution in [3.05, 3.63) is 144 Å². The Morgan fingerprint density at radius 1 is 0.582 bits per heavy atom. The van der Waals surface area contributed by atoms with E-state index in [9.17, 15) is 14.4 Å². The van der Waals surface area contributed by atoms with Crippen molar-refractivity contribution in [3.63, 3.8) is 0 Å². The number of hydrogen-bond acceptors (Lipinski definition) is 9. The third kappa shape index (κ3) is 14.4. The number of esters is 3. The van der Waals surface area contributed by atoms with Gasteiger partial charge in [-0.3, -0.25) is 29.1 Å². The molecule has 1 saturated heterocycles. The molecule has 9 heteroatoms. The minimum absolute atomic E-state index is 0.0168. The maximum absolute atomic E-state index is 13.8. The topological polar surface area (TPSA) is 88.6 Å². The van der Waals surface area contributed by atoms with Crippen LogP contribution < -0.4 is 0 Å². The zero-order chi connectivity index (χ0) is 38.9. The molecule has 0 unspecified atom stereocenters. The Labute approximate surface area is 327 Å². The van der Waals surface area contributed by atoms with Crippen molar-refractivity contribution < 1.29 is 28.6 Å². The lowest BCUT2D eigenvalue weighted by molar-refractivity contribution is -0.151. The van der Waals surface area contributed by atoms with Crippen molar-refractivity contribution in [1.29, 1.82) is 0 Å². The highest BCUT2D eigenvalue weighted by Gasteiger charge is 2.44. The van der Waals surface area contributed by atoms with Gasteiger partial charge in [0, 0.05) is 38.3 Å². The van der Waals surface area contributed by atoms with E-state index in [1.54, 1.807) is 0 Å². The first kappa shape index (κ1) is 41.3. The summed E-state index contributed by atoms with van der Waals surface area (Å²) in [5.41, 5.74) is 3.28. The maximum atomic E-state index is 13.8. The normalized spacial score (nSPS) is 14.9. The molecule has 1 aliphatic rings. The zero-order valence-corrected chi connectivity index (χ0v) is 32.7. The second-order valence-electron chi connectivity index (χ2n) is 15.8. The van der Waals surface area contributed by atoms with Crippen molar-refractivity contribution in [1.82, 2.24) is 14.7 Å². The molecule has 0 aromatic heterocycles. The van der Waals surface area contributed by atoms with Crippen LogP contribution in [0.25, 0.3) is 0 Å². The van der Waals surface area contributed by atoms with Crippen LogP contribution in [0.3, 0.4) is 0 Å². The van der Waals surface area contributed by atoms with Gasteiger partial charge in [0.25, 0.3) is 0 Å². The van der Waals surface area contributed by atoms with Crippen molar-refractivity contribution in [2.45, 2.75) is 65.4 Å². The molecule has 0 atom stereocenters. The van der Waals surface area contributed by atoms with Crippen molar-refractivity contribution in [3.8, 4) is 0 Å². The molecule has 292 valence electrons. The van der Waals surface area contributed by atoms with E-state index in [0.29, 0.717) is 39.1 Å². The lowest BCUT2D eigenvalue weighted by Crippen LogP contribution is -2.61. The van der Waals surface area contributed by atoms with Crippen LogP contribution in [0.2, 0.25) is 0 Å². The Hall–Kier alpha value is -4.83. The smallest absolute Gasteiger partial charge is 0.320 e. The van der Waals surface area contributed by atoms with E-state index in [-0.39, 0.29) is 62.8 Å². The number of ether oxygens (including phenoxy) is 3. The zero-order valence-electron chi connectivity index (χ0n) is 32.7. The molecule has 0 amide bonds. The van der Waals surface area contributed by atoms with E-state index < -0.39 is 5.54 Å². The minimum Gasteiger partial charge on any atom is -0.460 e. The van der Waals surface area contributed by atoms with Gasteiger partial charge in [-0.2, -0.15) is 0 Å². The fraction of sp³-hybridized carbons (Fsp3) is 0.413. The first-order valence-electron chi connectivity index (χ1n) is 19.4. The molecule has 1 fully saturated rings. The van der Waals surface area contributed by atoms with E-state index in [1.165, 1.54) is 0 Å². The molecule has 0 spiro atoms. The van der Waals surface area contributed by atoms with Crippen molar-refractivity contribution in [2.24, 2.45) is 5.41 Å². The third-order valence-electron chi connectivity index (χ3n) is 10.0. The fourth-order valence-corrected chi connectivity index (χ4v) is 6.98. The lowest BCUT2D eigenvalue weighted by atomic mass is 9.81. The Morgan fingerprint density at radius 2 is 0.964 bits per heavy atom. The highest BCUT2D eigenvalue weighted by molar-refractivity contribution is 5.73. The number of carbonyl (C=O) groups excluding carboxylic acids is 3. The molecule has 1 aliphatic heterocycles. The molecule has 4 aromatic rings. The van der Waals surface area contributed by atoms with Crippen LogP contribution in [0.5, 0.6) is 0 Å². The molecule has 0 bridgehead atoms. The summed E-state index contributed by atoms with van der Waals surface area (Å²) in [5.74, 6) is -0.955. The average molecular weight is 748 g/mol. The molecule has 0 aliphatic carbocycles. The van der Waals surface area contributed by atoms with Crippen molar-refractivity contribution >= 4 is 17.9 Å². The van der Waals surface area contributed by atoms with Crippen LogP contribution in [0, 0.1) is 5.41 Å². The lowest BCUT2D eigenvalue weighted by Gasteiger charge is -2.47. The van der Waals surface area contributed by atoms with Gasteiger partial charge in [-0.15, -0.1) is 0 Å². The summed E-state index contributed by atoms with van der Waals surface area (Å²) in [7, 11) is 0. The summed E-state index contributed by atoms with van der Waals surface area (Å²) in [6.07, 6.45) is 2.29. The van der Waals surface area contributed by atoms with Gasteiger partial charge < -0.3 is 14.2 Å². The first-order valence-corrected chi connectivity index (χ1v) is 19.4. The summed E-state index contributed by atoms with van der Waals surface area (Å²) < 4.78 is 17.4.